The lowest BCUT2D eigenvalue weighted by molar-refractivity contribution is -0.134. The van der Waals surface area contributed by atoms with Gasteiger partial charge in [0.1, 0.15) is 11.6 Å². The zero-order valence-electron chi connectivity index (χ0n) is 20.7. The molecule has 0 bridgehead atoms. The van der Waals surface area contributed by atoms with Gasteiger partial charge in [0.2, 0.25) is 11.8 Å². The lowest BCUT2D eigenvalue weighted by atomic mass is 9.92. The molecule has 0 aliphatic heterocycles. The van der Waals surface area contributed by atoms with Crippen LogP contribution in [-0.2, 0) is 15.0 Å². The fraction of sp³-hybridized carbons (Fsp3) is 0.577. The van der Waals surface area contributed by atoms with Crippen LogP contribution in [0.25, 0.3) is 5.69 Å². The maximum Gasteiger partial charge on any atom is 0.245 e. The van der Waals surface area contributed by atoms with Crippen LogP contribution in [0.2, 0.25) is 0 Å². The molecule has 1 aliphatic carbocycles. The topological polar surface area (TPSA) is 76.5 Å². The fourth-order valence-electron chi connectivity index (χ4n) is 4.27. The highest BCUT2D eigenvalue weighted by molar-refractivity contribution is 5.94. The van der Waals surface area contributed by atoms with Crippen LogP contribution in [0.5, 0.6) is 5.75 Å². The van der Waals surface area contributed by atoms with Crippen molar-refractivity contribution in [3.8, 4) is 11.4 Å². The number of nitrogens with one attached hydrogen (secondary N) is 1. The van der Waals surface area contributed by atoms with Crippen LogP contribution < -0.4 is 10.1 Å². The van der Waals surface area contributed by atoms with Gasteiger partial charge in [0.05, 0.1) is 25.0 Å². The molecule has 0 unspecified atom stereocenters. The van der Waals surface area contributed by atoms with Crippen LogP contribution in [0.15, 0.2) is 30.3 Å². The van der Waals surface area contributed by atoms with Crippen molar-refractivity contribution in [1.82, 2.24) is 14.7 Å². The highest BCUT2D eigenvalue weighted by Crippen LogP contribution is 2.29. The summed E-state index contributed by atoms with van der Waals surface area (Å²) in [5.74, 6) is 1.84. The smallest absolute Gasteiger partial charge is 0.245 e. The van der Waals surface area contributed by atoms with E-state index in [-0.39, 0.29) is 23.8 Å². The summed E-state index contributed by atoms with van der Waals surface area (Å²) >= 11 is 0. The minimum atomic E-state index is -0.221. The monoisotopic (exact) mass is 454 g/mol. The highest BCUT2D eigenvalue weighted by atomic mass is 16.5. The molecule has 0 atom stereocenters. The molecule has 180 valence electrons. The molecule has 0 saturated heterocycles. The van der Waals surface area contributed by atoms with E-state index in [0.717, 1.165) is 23.6 Å². The Morgan fingerprint density at radius 2 is 1.85 bits per heavy atom. The maximum absolute atomic E-state index is 12.9. The molecule has 1 saturated carbocycles. The third-order valence-corrected chi connectivity index (χ3v) is 6.37. The van der Waals surface area contributed by atoms with Crippen molar-refractivity contribution in [3.63, 3.8) is 0 Å². The molecule has 7 nitrogen and oxygen atoms in total. The molecular formula is C26H38N4O3. The molecule has 1 aliphatic rings. The summed E-state index contributed by atoms with van der Waals surface area (Å²) in [7, 11) is 1.63. The highest BCUT2D eigenvalue weighted by Gasteiger charge is 2.23. The van der Waals surface area contributed by atoms with E-state index in [2.05, 4.69) is 26.1 Å². The van der Waals surface area contributed by atoms with Gasteiger partial charge in [-0.1, -0.05) is 46.5 Å². The SMILES string of the molecule is CCN(CC(=O)Nc1cc(C(C)(C)C)nn1-c1ccc(OC)cc1)C(=O)CCC1CCCC1. The van der Waals surface area contributed by atoms with Gasteiger partial charge in [-0.2, -0.15) is 5.10 Å². The average Bonchev–Trinajstić information content (AvgIpc) is 3.46. The molecule has 1 aromatic carbocycles. The number of benzene rings is 1. The van der Waals surface area contributed by atoms with Crippen LogP contribution in [0, 0.1) is 5.92 Å². The molecule has 1 aromatic heterocycles. The molecule has 2 amide bonds. The van der Waals surface area contributed by atoms with Crippen molar-refractivity contribution in [2.75, 3.05) is 25.5 Å². The number of carbonyl (C=O) groups excluding carboxylic acids is 2. The van der Waals surface area contributed by atoms with E-state index in [0.29, 0.717) is 24.7 Å². The molecule has 33 heavy (non-hydrogen) atoms. The number of aromatic nitrogens is 2. The maximum atomic E-state index is 12.9. The van der Waals surface area contributed by atoms with Gasteiger partial charge in [-0.15, -0.1) is 0 Å². The van der Waals surface area contributed by atoms with Gasteiger partial charge in [0.25, 0.3) is 0 Å². The summed E-state index contributed by atoms with van der Waals surface area (Å²) in [6.45, 7) is 8.73. The molecule has 1 heterocycles. The first-order chi connectivity index (χ1) is 15.7. The zero-order chi connectivity index (χ0) is 24.0. The van der Waals surface area contributed by atoms with Crippen molar-refractivity contribution < 1.29 is 14.3 Å². The van der Waals surface area contributed by atoms with Crippen molar-refractivity contribution in [2.45, 2.75) is 71.6 Å². The summed E-state index contributed by atoms with van der Waals surface area (Å²) in [4.78, 5) is 27.3. The molecule has 3 rings (SSSR count). The number of amides is 2. The number of carbonyl (C=O) groups is 2. The van der Waals surface area contributed by atoms with Crippen LogP contribution in [-0.4, -0.2) is 46.7 Å². The van der Waals surface area contributed by atoms with Crippen molar-refractivity contribution >= 4 is 17.6 Å². The molecule has 1 fully saturated rings. The number of hydrogen-bond donors (Lipinski definition) is 1. The third kappa shape index (κ3) is 6.59. The average molecular weight is 455 g/mol. The van der Waals surface area contributed by atoms with Gasteiger partial charge < -0.3 is 15.0 Å². The Balaban J connectivity index is 1.71. The summed E-state index contributed by atoms with van der Waals surface area (Å²) in [6.07, 6.45) is 6.45. The van der Waals surface area contributed by atoms with Crippen molar-refractivity contribution in [1.29, 1.82) is 0 Å². The van der Waals surface area contributed by atoms with E-state index in [1.54, 1.807) is 16.7 Å². The Kier molecular flexibility index (Phi) is 8.16. The summed E-state index contributed by atoms with van der Waals surface area (Å²) in [5, 5.41) is 7.73. The Morgan fingerprint density at radius 1 is 1.18 bits per heavy atom. The second-order valence-electron chi connectivity index (χ2n) is 9.92. The van der Waals surface area contributed by atoms with E-state index in [9.17, 15) is 9.59 Å². The molecule has 7 heteroatoms. The lowest BCUT2D eigenvalue weighted by Crippen LogP contribution is -2.38. The second-order valence-corrected chi connectivity index (χ2v) is 9.92. The number of anilines is 1. The van der Waals surface area contributed by atoms with Crippen LogP contribution >= 0.6 is 0 Å². The number of nitrogens with zero attached hydrogens (tertiary/aromatic N) is 3. The van der Waals surface area contributed by atoms with Crippen LogP contribution in [0.4, 0.5) is 5.82 Å². The molecular weight excluding hydrogens is 416 g/mol. The van der Waals surface area contributed by atoms with Gasteiger partial charge in [-0.3, -0.25) is 9.59 Å². The zero-order valence-corrected chi connectivity index (χ0v) is 20.7. The predicted octanol–water partition coefficient (Wildman–Crippen LogP) is 4.94. The Bertz CT molecular complexity index is 937. The van der Waals surface area contributed by atoms with Gasteiger partial charge in [-0.25, -0.2) is 4.68 Å². The van der Waals surface area contributed by atoms with E-state index in [1.807, 2.05) is 37.3 Å². The normalized spacial score (nSPS) is 14.3. The van der Waals surface area contributed by atoms with Gasteiger partial charge >= 0.3 is 0 Å². The first kappa shape index (κ1) is 24.8. The molecule has 1 N–H and O–H groups in total. The standard InChI is InChI=1S/C26H38N4O3/c1-6-29(25(32)16-11-19-9-7-8-10-19)18-24(31)27-23-17-22(26(2,3)4)28-30(23)20-12-14-21(33-5)15-13-20/h12-15,17,19H,6-11,16,18H2,1-5H3,(H,27,31). The number of hydrogen-bond acceptors (Lipinski definition) is 4. The quantitative estimate of drug-likeness (QED) is 0.582. The minimum Gasteiger partial charge on any atom is -0.497 e. The Morgan fingerprint density at radius 3 is 2.42 bits per heavy atom. The summed E-state index contributed by atoms with van der Waals surface area (Å²) in [6, 6.07) is 9.43. The number of methoxy groups -OCH3 is 1. The Hall–Kier alpha value is -2.83. The molecule has 2 aromatic rings. The summed E-state index contributed by atoms with van der Waals surface area (Å²) < 4.78 is 6.99. The van der Waals surface area contributed by atoms with E-state index in [1.165, 1.54) is 25.7 Å². The summed E-state index contributed by atoms with van der Waals surface area (Å²) in [5.41, 5.74) is 1.51. The van der Waals surface area contributed by atoms with Gasteiger partial charge in [0, 0.05) is 24.4 Å². The van der Waals surface area contributed by atoms with E-state index < -0.39 is 0 Å². The number of likely N-dealkylation sites (N-methyl/N-ethyl adjacent to an activating group) is 1. The molecule has 0 spiro atoms. The molecule has 0 radical (unpaired) electrons. The van der Waals surface area contributed by atoms with Crippen LogP contribution in [0.1, 0.15) is 71.9 Å². The van der Waals surface area contributed by atoms with Crippen molar-refractivity contribution in [2.24, 2.45) is 5.92 Å². The van der Waals surface area contributed by atoms with Gasteiger partial charge in [0.15, 0.2) is 0 Å². The fourth-order valence-corrected chi connectivity index (χ4v) is 4.27. The minimum absolute atomic E-state index is 0.0403. The van der Waals surface area contributed by atoms with Gasteiger partial charge in [-0.05, 0) is 43.5 Å². The second kappa shape index (κ2) is 10.9. The predicted molar refractivity (Wildman–Crippen MR) is 131 cm³/mol. The van der Waals surface area contributed by atoms with E-state index >= 15 is 0 Å². The lowest BCUT2D eigenvalue weighted by Gasteiger charge is -2.21. The van der Waals surface area contributed by atoms with E-state index in [4.69, 9.17) is 9.84 Å². The van der Waals surface area contributed by atoms with Crippen molar-refractivity contribution in [3.05, 3.63) is 36.0 Å². The number of ether oxygens (including phenoxy) is 1. The Labute approximate surface area is 197 Å². The number of rotatable bonds is 9. The first-order valence-electron chi connectivity index (χ1n) is 12.0. The first-order valence-corrected chi connectivity index (χ1v) is 12.0. The van der Waals surface area contributed by atoms with Crippen LogP contribution in [0.3, 0.4) is 0 Å². The largest absolute Gasteiger partial charge is 0.497 e. The third-order valence-electron chi connectivity index (χ3n) is 6.37.